The highest BCUT2D eigenvalue weighted by Gasteiger charge is 2.34. The van der Waals surface area contributed by atoms with Gasteiger partial charge in [0.15, 0.2) is 5.78 Å². The van der Waals surface area contributed by atoms with E-state index in [0.717, 1.165) is 18.8 Å². The molecule has 0 bridgehead atoms. The Kier molecular flexibility index (Phi) is 3.74. The lowest BCUT2D eigenvalue weighted by Gasteiger charge is -2.43. The van der Waals surface area contributed by atoms with Crippen molar-refractivity contribution in [3.63, 3.8) is 0 Å². The monoisotopic (exact) mass is 292 g/mol. The highest BCUT2D eigenvalue weighted by atomic mass is 35.5. The van der Waals surface area contributed by atoms with E-state index in [1.54, 1.807) is 6.92 Å². The number of hydrogen-bond acceptors (Lipinski definition) is 3. The molecule has 108 valence electrons. The van der Waals surface area contributed by atoms with Crippen molar-refractivity contribution in [3.05, 3.63) is 28.8 Å². The molecule has 2 fully saturated rings. The smallest absolute Gasteiger partial charge is 0.161 e. The Bertz CT molecular complexity index is 531. The minimum absolute atomic E-state index is 0.0233. The van der Waals surface area contributed by atoms with Crippen LogP contribution in [0.3, 0.4) is 0 Å². The fourth-order valence-electron chi connectivity index (χ4n) is 3.52. The van der Waals surface area contributed by atoms with Crippen molar-refractivity contribution >= 4 is 23.1 Å². The van der Waals surface area contributed by atoms with Crippen LogP contribution in [-0.4, -0.2) is 42.4 Å². The standard InChI is InChI=1S/C16H21ClN2O/c1-11-9-18-7-3-4-14(18)10-19(11)13-5-6-15(12(2)20)16(17)8-13/h5-6,8,11,14H,3-4,7,9-10H2,1-2H3. The molecule has 2 saturated heterocycles. The zero-order chi connectivity index (χ0) is 14.3. The summed E-state index contributed by atoms with van der Waals surface area (Å²) in [6.45, 7) is 7.25. The highest BCUT2D eigenvalue weighted by Crippen LogP contribution is 2.31. The largest absolute Gasteiger partial charge is 0.366 e. The summed E-state index contributed by atoms with van der Waals surface area (Å²) in [7, 11) is 0. The molecule has 2 aliphatic heterocycles. The minimum Gasteiger partial charge on any atom is -0.366 e. The normalized spacial score (nSPS) is 26.6. The van der Waals surface area contributed by atoms with Crippen molar-refractivity contribution in [2.45, 2.75) is 38.8 Å². The molecule has 0 aromatic heterocycles. The first-order valence-electron chi connectivity index (χ1n) is 7.37. The predicted molar refractivity (Wildman–Crippen MR) is 82.9 cm³/mol. The van der Waals surface area contributed by atoms with Crippen LogP contribution in [0, 0.1) is 0 Å². The molecule has 20 heavy (non-hydrogen) atoms. The van der Waals surface area contributed by atoms with Gasteiger partial charge in [0.1, 0.15) is 0 Å². The number of rotatable bonds is 2. The Hall–Kier alpha value is -1.06. The number of ketones is 1. The third kappa shape index (κ3) is 2.45. The highest BCUT2D eigenvalue weighted by molar-refractivity contribution is 6.34. The fourth-order valence-corrected chi connectivity index (χ4v) is 3.82. The van der Waals surface area contributed by atoms with E-state index in [4.69, 9.17) is 11.6 Å². The van der Waals surface area contributed by atoms with Gasteiger partial charge in [0.2, 0.25) is 0 Å². The summed E-state index contributed by atoms with van der Waals surface area (Å²) < 4.78 is 0. The second-order valence-electron chi connectivity index (χ2n) is 6.01. The average molecular weight is 293 g/mol. The molecular weight excluding hydrogens is 272 g/mol. The molecule has 3 nitrogen and oxygen atoms in total. The quantitative estimate of drug-likeness (QED) is 0.782. The molecule has 2 aliphatic rings. The molecule has 0 saturated carbocycles. The van der Waals surface area contributed by atoms with Crippen molar-refractivity contribution in [1.29, 1.82) is 0 Å². The number of benzene rings is 1. The van der Waals surface area contributed by atoms with E-state index >= 15 is 0 Å². The first kappa shape index (κ1) is 13.9. The third-order valence-electron chi connectivity index (χ3n) is 4.60. The number of halogens is 1. The molecule has 4 heteroatoms. The molecule has 2 unspecified atom stereocenters. The van der Waals surface area contributed by atoms with Crippen molar-refractivity contribution in [3.8, 4) is 0 Å². The van der Waals surface area contributed by atoms with E-state index in [1.807, 2.05) is 18.2 Å². The summed E-state index contributed by atoms with van der Waals surface area (Å²) >= 11 is 6.24. The van der Waals surface area contributed by atoms with Gasteiger partial charge in [-0.15, -0.1) is 0 Å². The van der Waals surface area contributed by atoms with Crippen LogP contribution < -0.4 is 4.90 Å². The van der Waals surface area contributed by atoms with E-state index in [9.17, 15) is 4.79 Å². The van der Waals surface area contributed by atoms with Crippen molar-refractivity contribution in [2.75, 3.05) is 24.5 Å². The van der Waals surface area contributed by atoms with Crippen LogP contribution >= 0.6 is 11.6 Å². The number of piperazine rings is 1. The summed E-state index contributed by atoms with van der Waals surface area (Å²) in [5.41, 5.74) is 1.75. The van der Waals surface area contributed by atoms with Gasteiger partial charge in [0, 0.05) is 36.4 Å². The van der Waals surface area contributed by atoms with Crippen LogP contribution in [0.5, 0.6) is 0 Å². The summed E-state index contributed by atoms with van der Waals surface area (Å²) in [6.07, 6.45) is 2.61. The Morgan fingerprint density at radius 2 is 2.15 bits per heavy atom. The lowest BCUT2D eigenvalue weighted by molar-refractivity contribution is 0.101. The lowest BCUT2D eigenvalue weighted by Crippen LogP contribution is -2.55. The second-order valence-corrected chi connectivity index (χ2v) is 6.42. The molecule has 0 spiro atoms. The van der Waals surface area contributed by atoms with E-state index in [1.165, 1.54) is 19.4 Å². The van der Waals surface area contributed by atoms with Gasteiger partial charge >= 0.3 is 0 Å². The fraction of sp³-hybridized carbons (Fsp3) is 0.562. The molecule has 0 radical (unpaired) electrons. The maximum Gasteiger partial charge on any atom is 0.161 e. The first-order valence-corrected chi connectivity index (χ1v) is 7.75. The molecule has 3 rings (SSSR count). The van der Waals surface area contributed by atoms with Gasteiger partial charge in [-0.05, 0) is 51.4 Å². The molecule has 0 amide bonds. The maximum absolute atomic E-state index is 11.5. The maximum atomic E-state index is 11.5. The van der Waals surface area contributed by atoms with Crippen LogP contribution in [0.25, 0.3) is 0 Å². The number of fused-ring (bicyclic) bond motifs is 1. The lowest BCUT2D eigenvalue weighted by atomic mass is 10.1. The summed E-state index contributed by atoms with van der Waals surface area (Å²) in [5, 5.41) is 0.566. The topological polar surface area (TPSA) is 23.6 Å². The van der Waals surface area contributed by atoms with Crippen LogP contribution in [-0.2, 0) is 0 Å². The van der Waals surface area contributed by atoms with Gasteiger partial charge in [-0.25, -0.2) is 0 Å². The van der Waals surface area contributed by atoms with Gasteiger partial charge in [-0.3, -0.25) is 9.69 Å². The Balaban J connectivity index is 1.85. The van der Waals surface area contributed by atoms with Crippen molar-refractivity contribution in [1.82, 2.24) is 4.90 Å². The zero-order valence-electron chi connectivity index (χ0n) is 12.1. The average Bonchev–Trinajstić information content (AvgIpc) is 2.84. The molecule has 0 N–H and O–H groups in total. The minimum atomic E-state index is 0.0233. The summed E-state index contributed by atoms with van der Waals surface area (Å²) in [5.74, 6) is 0.0233. The number of hydrogen-bond donors (Lipinski definition) is 0. The van der Waals surface area contributed by atoms with Gasteiger partial charge in [0.25, 0.3) is 0 Å². The molecule has 1 aromatic rings. The molecule has 1 aromatic carbocycles. The van der Waals surface area contributed by atoms with Crippen LogP contribution in [0.1, 0.15) is 37.0 Å². The number of anilines is 1. The predicted octanol–water partition coefficient (Wildman–Crippen LogP) is 3.22. The number of nitrogens with zero attached hydrogens (tertiary/aromatic N) is 2. The van der Waals surface area contributed by atoms with Crippen LogP contribution in [0.2, 0.25) is 5.02 Å². The number of Topliss-reactive ketones (excluding diaryl/α,β-unsaturated/α-hetero) is 1. The summed E-state index contributed by atoms with van der Waals surface area (Å²) in [6, 6.07) is 7.00. The van der Waals surface area contributed by atoms with E-state index in [2.05, 4.69) is 16.7 Å². The van der Waals surface area contributed by atoms with E-state index in [0.29, 0.717) is 22.7 Å². The Labute approximate surface area is 125 Å². The molecule has 0 aliphatic carbocycles. The molecule has 2 heterocycles. The second kappa shape index (κ2) is 5.38. The van der Waals surface area contributed by atoms with E-state index < -0.39 is 0 Å². The number of carbonyl (C=O) groups excluding carboxylic acids is 1. The van der Waals surface area contributed by atoms with Gasteiger partial charge < -0.3 is 4.90 Å². The summed E-state index contributed by atoms with van der Waals surface area (Å²) in [4.78, 5) is 16.5. The SMILES string of the molecule is CC(=O)c1ccc(N2CC3CCCN3CC2C)cc1Cl. The van der Waals surface area contributed by atoms with Gasteiger partial charge in [-0.1, -0.05) is 11.6 Å². The molecular formula is C16H21ClN2O. The van der Waals surface area contributed by atoms with Gasteiger partial charge in [-0.2, -0.15) is 0 Å². The zero-order valence-corrected chi connectivity index (χ0v) is 12.9. The third-order valence-corrected chi connectivity index (χ3v) is 4.91. The first-order chi connectivity index (χ1) is 9.56. The van der Waals surface area contributed by atoms with Crippen LogP contribution in [0.4, 0.5) is 5.69 Å². The number of carbonyl (C=O) groups is 1. The van der Waals surface area contributed by atoms with Crippen molar-refractivity contribution in [2.24, 2.45) is 0 Å². The van der Waals surface area contributed by atoms with Crippen molar-refractivity contribution < 1.29 is 4.79 Å². The van der Waals surface area contributed by atoms with Crippen LogP contribution in [0.15, 0.2) is 18.2 Å². The Morgan fingerprint density at radius 1 is 1.35 bits per heavy atom. The van der Waals surface area contributed by atoms with Gasteiger partial charge in [0.05, 0.1) is 5.02 Å². The molecule has 2 atom stereocenters. The van der Waals surface area contributed by atoms with E-state index in [-0.39, 0.29) is 5.78 Å². The Morgan fingerprint density at radius 3 is 2.85 bits per heavy atom.